The van der Waals surface area contributed by atoms with Crippen LogP contribution in [0.1, 0.15) is 5.56 Å². The van der Waals surface area contributed by atoms with Gasteiger partial charge < -0.3 is 19.5 Å². The Labute approximate surface area is 163 Å². The number of ether oxygens (including phenoxy) is 3. The Balaban J connectivity index is 2.25. The van der Waals surface area contributed by atoms with E-state index in [1.165, 1.54) is 26.4 Å². The van der Waals surface area contributed by atoms with E-state index in [0.717, 1.165) is 0 Å². The maximum absolute atomic E-state index is 12.5. The summed E-state index contributed by atoms with van der Waals surface area (Å²) in [4.78, 5) is 8.07. The van der Waals surface area contributed by atoms with E-state index < -0.39 is 15.9 Å². The number of rotatable bonds is 7. The zero-order valence-electron chi connectivity index (χ0n) is 14.7. The fourth-order valence-corrected chi connectivity index (χ4v) is 3.08. The molecule has 0 amide bonds. The number of nitrogens with zero attached hydrogens (tertiary/aromatic N) is 2. The monoisotopic (exact) mass is 434 g/mol. The van der Waals surface area contributed by atoms with E-state index in [9.17, 15) is 17.2 Å². The Morgan fingerprint density at radius 2 is 1.82 bits per heavy atom. The summed E-state index contributed by atoms with van der Waals surface area (Å²) in [6.07, 6.45) is 0. The number of anilines is 1. The van der Waals surface area contributed by atoms with Crippen molar-refractivity contribution in [1.82, 2.24) is 15.3 Å². The molecular weight excluding hydrogens is 418 g/mol. The molecule has 9 nitrogen and oxygen atoms in total. The van der Waals surface area contributed by atoms with Crippen molar-refractivity contribution in [1.29, 1.82) is 0 Å². The highest BCUT2D eigenvalue weighted by Gasteiger charge is 2.11. The summed E-state index contributed by atoms with van der Waals surface area (Å²) in [6, 6.07) is 7.56. The molecule has 13 heteroatoms. The Morgan fingerprint density at radius 1 is 1.18 bits per heavy atom. The van der Waals surface area contributed by atoms with Gasteiger partial charge in [-0.05, 0) is 6.07 Å². The van der Waals surface area contributed by atoms with Crippen LogP contribution in [0.5, 0.6) is 17.5 Å². The molecule has 152 valence electrons. The molecule has 1 heterocycles. The lowest BCUT2D eigenvalue weighted by atomic mass is 10.2. The van der Waals surface area contributed by atoms with Crippen molar-refractivity contribution in [2.24, 2.45) is 0 Å². The summed E-state index contributed by atoms with van der Waals surface area (Å²) in [7, 11) is 0.697. The van der Waals surface area contributed by atoms with Crippen molar-refractivity contribution in [3.05, 3.63) is 35.9 Å². The second-order valence-corrected chi connectivity index (χ2v) is 7.16. The summed E-state index contributed by atoms with van der Waals surface area (Å²) < 4.78 is 61.8. The summed E-state index contributed by atoms with van der Waals surface area (Å²) in [5.74, 6) is 0.362. The van der Waals surface area contributed by atoms with Crippen molar-refractivity contribution < 1.29 is 31.4 Å². The Bertz CT molecular complexity index is 967. The molecule has 0 saturated carbocycles. The van der Waals surface area contributed by atoms with Crippen molar-refractivity contribution in [3.63, 3.8) is 0 Å². The molecule has 0 radical (unpaired) electrons. The number of hydrogen-bond acceptors (Lipinski definition) is 7. The highest BCUT2D eigenvalue weighted by molar-refractivity contribution is 8.23. The number of para-hydroxylation sites is 1. The fraction of sp³-hybridized carbons (Fsp3) is 0.267. The Hall–Kier alpha value is -2.77. The van der Waals surface area contributed by atoms with Crippen molar-refractivity contribution >= 4 is 30.2 Å². The van der Waals surface area contributed by atoms with Crippen LogP contribution in [0.25, 0.3) is 0 Å². The van der Waals surface area contributed by atoms with Gasteiger partial charge in [-0.3, -0.25) is 5.32 Å². The number of benzene rings is 1. The highest BCUT2D eigenvalue weighted by atomic mass is 32.8. The predicted octanol–water partition coefficient (Wildman–Crippen LogP) is 1.26. The molecule has 2 N–H and O–H groups in total. The molecule has 0 saturated heterocycles. The topological polar surface area (TPSA) is 112 Å². The van der Waals surface area contributed by atoms with Gasteiger partial charge in [-0.2, -0.15) is 27.2 Å². The van der Waals surface area contributed by atoms with Crippen LogP contribution in [-0.2, 0) is 25.7 Å². The third-order valence-electron chi connectivity index (χ3n) is 3.10. The van der Waals surface area contributed by atoms with E-state index in [1.807, 2.05) is 0 Å². The first kappa shape index (κ1) is 21.5. The van der Waals surface area contributed by atoms with E-state index in [0.29, 0.717) is 15.5 Å². The van der Waals surface area contributed by atoms with Crippen LogP contribution in [-0.4, -0.2) is 44.3 Å². The molecule has 28 heavy (non-hydrogen) atoms. The van der Waals surface area contributed by atoms with Crippen LogP contribution >= 0.6 is 0 Å². The minimum Gasteiger partial charge on any atom is -0.481 e. The van der Waals surface area contributed by atoms with Crippen LogP contribution in [0.2, 0.25) is 0 Å². The summed E-state index contributed by atoms with van der Waals surface area (Å²) in [5, 5.41) is 5.53. The molecular formula is C15H16F2N4O5S2. The lowest BCUT2D eigenvalue weighted by Gasteiger charge is -2.13. The molecule has 1 aromatic carbocycles. The molecule has 0 aliphatic heterocycles. The fourth-order valence-electron chi connectivity index (χ4n) is 1.97. The second kappa shape index (κ2) is 10.5. The predicted molar refractivity (Wildman–Crippen MR) is 100.0 cm³/mol. The van der Waals surface area contributed by atoms with E-state index in [2.05, 4.69) is 25.3 Å². The van der Waals surface area contributed by atoms with E-state index in [4.69, 9.17) is 9.47 Å². The maximum atomic E-state index is 12.5. The third kappa shape index (κ3) is 6.75. The van der Waals surface area contributed by atoms with Crippen molar-refractivity contribution in [2.45, 2.75) is 13.2 Å². The molecule has 1 aromatic heterocycles. The first-order valence-electron chi connectivity index (χ1n) is 7.56. The van der Waals surface area contributed by atoms with Gasteiger partial charge in [-0.25, -0.2) is 0 Å². The SMILES string of the molecule is COc1cc(OC)nc(NC(NCc2ccccc2OC(F)F)=S=S(=O)=O)n1. The Kier molecular flexibility index (Phi) is 8.10. The van der Waals surface area contributed by atoms with Gasteiger partial charge in [0.05, 0.1) is 20.3 Å². The summed E-state index contributed by atoms with van der Waals surface area (Å²) in [5.41, 5.74) is 0.392. The third-order valence-corrected chi connectivity index (χ3v) is 4.56. The van der Waals surface area contributed by atoms with E-state index in [-0.39, 0.29) is 35.1 Å². The van der Waals surface area contributed by atoms with Gasteiger partial charge in [0.25, 0.3) is 9.26 Å². The van der Waals surface area contributed by atoms with E-state index >= 15 is 0 Å². The largest absolute Gasteiger partial charge is 0.481 e. The first-order chi connectivity index (χ1) is 13.4. The first-order valence-corrected chi connectivity index (χ1v) is 9.97. The summed E-state index contributed by atoms with van der Waals surface area (Å²) in [6.45, 7) is -2.99. The van der Waals surface area contributed by atoms with Gasteiger partial charge >= 0.3 is 6.61 Å². The van der Waals surface area contributed by atoms with Gasteiger partial charge in [0, 0.05) is 22.0 Å². The Morgan fingerprint density at radius 3 is 2.39 bits per heavy atom. The number of hydrogen-bond donors (Lipinski definition) is 2. The smallest absolute Gasteiger partial charge is 0.387 e. The van der Waals surface area contributed by atoms with Crippen LogP contribution in [0.3, 0.4) is 0 Å². The van der Waals surface area contributed by atoms with Gasteiger partial charge in [0.2, 0.25) is 17.7 Å². The van der Waals surface area contributed by atoms with Gasteiger partial charge in [-0.15, -0.1) is 0 Å². The van der Waals surface area contributed by atoms with Crippen LogP contribution in [0.15, 0.2) is 30.3 Å². The second-order valence-electron chi connectivity index (χ2n) is 4.86. The minimum absolute atomic E-state index is 0.00344. The lowest BCUT2D eigenvalue weighted by molar-refractivity contribution is -0.0504. The average Bonchev–Trinajstić information content (AvgIpc) is 2.65. The lowest BCUT2D eigenvalue weighted by Crippen LogP contribution is -2.31. The standard InChI is InChI=1S/C15H16F2N4O5S2/c1-24-11-7-12(25-2)20-14(19-11)21-15(27-28(22)23)18-8-9-5-3-4-6-10(9)26-13(16)17/h3-7,13,18H,8H2,1-2H3,(H,19,20,21). The minimum atomic E-state index is -2.98. The molecule has 2 aromatic rings. The molecule has 0 fully saturated rings. The molecule has 0 spiro atoms. The van der Waals surface area contributed by atoms with Crippen LogP contribution < -0.4 is 24.8 Å². The average molecular weight is 434 g/mol. The highest BCUT2D eigenvalue weighted by Crippen LogP contribution is 2.20. The number of halogens is 2. The number of aromatic nitrogens is 2. The van der Waals surface area contributed by atoms with E-state index in [1.54, 1.807) is 18.2 Å². The normalized spacial score (nSPS) is 10.3. The van der Waals surface area contributed by atoms with Crippen LogP contribution in [0, 0.1) is 0 Å². The maximum Gasteiger partial charge on any atom is 0.387 e. The number of nitrogens with one attached hydrogen (secondary N) is 2. The quantitative estimate of drug-likeness (QED) is 0.622. The van der Waals surface area contributed by atoms with Crippen molar-refractivity contribution in [3.8, 4) is 17.5 Å². The van der Waals surface area contributed by atoms with Gasteiger partial charge in [0.1, 0.15) is 5.75 Å². The molecule has 2 rings (SSSR count). The molecule has 0 unspecified atom stereocenters. The molecule has 0 bridgehead atoms. The number of methoxy groups -OCH3 is 2. The zero-order valence-corrected chi connectivity index (χ0v) is 16.3. The summed E-state index contributed by atoms with van der Waals surface area (Å²) >= 11 is 0. The molecule has 0 atom stereocenters. The van der Waals surface area contributed by atoms with Gasteiger partial charge in [0.15, 0.2) is 5.11 Å². The van der Waals surface area contributed by atoms with Crippen LogP contribution in [0.4, 0.5) is 14.7 Å². The molecule has 0 aliphatic carbocycles. The van der Waals surface area contributed by atoms with Crippen molar-refractivity contribution in [2.75, 3.05) is 19.5 Å². The zero-order chi connectivity index (χ0) is 20.5. The number of alkyl halides is 2. The molecule has 0 aliphatic rings. The van der Waals surface area contributed by atoms with Gasteiger partial charge in [-0.1, -0.05) is 18.2 Å².